The molecule has 0 spiro atoms. The van der Waals surface area contributed by atoms with Crippen molar-refractivity contribution in [3.63, 3.8) is 0 Å². The van der Waals surface area contributed by atoms with E-state index in [2.05, 4.69) is 0 Å². The van der Waals surface area contributed by atoms with Crippen LogP contribution in [0.25, 0.3) is 0 Å². The first-order valence-corrected chi connectivity index (χ1v) is 5.46. The lowest BCUT2D eigenvalue weighted by molar-refractivity contribution is 0.0663. The molecule has 10 heavy (non-hydrogen) atoms. The van der Waals surface area contributed by atoms with Crippen LogP contribution in [0.3, 0.4) is 0 Å². The zero-order chi connectivity index (χ0) is 8.20. The molecule has 0 saturated heterocycles. The highest BCUT2D eigenvalue weighted by Crippen LogP contribution is 2.38. The molecule has 0 amide bonds. The Morgan fingerprint density at radius 2 is 1.80 bits per heavy atom. The average molecular weight is 168 g/mol. The van der Waals surface area contributed by atoms with Crippen molar-refractivity contribution in [1.29, 1.82) is 0 Å². The predicted octanol–water partition coefficient (Wildman–Crippen LogP) is -0.106. The summed E-state index contributed by atoms with van der Waals surface area (Å²) in [7, 11) is -2.57. The fraction of sp³-hybridized carbons (Fsp3) is 1.00. The van der Waals surface area contributed by atoms with Crippen LogP contribution in [0, 0.1) is 0 Å². The molecule has 2 N–H and O–H groups in total. The van der Waals surface area contributed by atoms with Crippen molar-refractivity contribution >= 4 is 7.37 Å². The molecule has 0 aromatic carbocycles. The molecule has 5 heteroatoms. The van der Waals surface area contributed by atoms with Gasteiger partial charge in [-0.15, -0.1) is 0 Å². The maximum Gasteiger partial charge on any atom is 0.197 e. The van der Waals surface area contributed by atoms with E-state index >= 15 is 0 Å². The van der Waals surface area contributed by atoms with Gasteiger partial charge in [0.15, 0.2) is 7.37 Å². The lowest BCUT2D eigenvalue weighted by Gasteiger charge is -2.15. The summed E-state index contributed by atoms with van der Waals surface area (Å²) in [5.41, 5.74) is 0. The Morgan fingerprint density at radius 1 is 1.40 bits per heavy atom. The fourth-order valence-electron chi connectivity index (χ4n) is 0.483. The van der Waals surface area contributed by atoms with Gasteiger partial charge in [0.1, 0.15) is 6.10 Å². The van der Waals surface area contributed by atoms with Crippen LogP contribution >= 0.6 is 7.37 Å². The highest BCUT2D eigenvalue weighted by Gasteiger charge is 2.14. The first kappa shape index (κ1) is 10.1. The van der Waals surface area contributed by atoms with Gasteiger partial charge in [-0.1, -0.05) is 0 Å². The summed E-state index contributed by atoms with van der Waals surface area (Å²) in [5, 5.41) is 17.0. The highest BCUT2D eigenvalue weighted by atomic mass is 31.2. The van der Waals surface area contributed by atoms with E-state index < -0.39 is 13.5 Å². The molecule has 0 aliphatic carbocycles. The average Bonchev–Trinajstić information content (AvgIpc) is 1.81. The van der Waals surface area contributed by atoms with Crippen LogP contribution in [0.2, 0.25) is 0 Å². The standard InChI is InChI=1S/C5H13O4P/c1-10(2,8)9-5(3-6)4-7/h5-7H,3-4H2,1-2H3. The number of aliphatic hydroxyl groups excluding tert-OH is 2. The maximum atomic E-state index is 10.9. The van der Waals surface area contributed by atoms with Gasteiger partial charge in [0.25, 0.3) is 0 Å². The smallest absolute Gasteiger partial charge is 0.197 e. The van der Waals surface area contributed by atoms with Crippen molar-refractivity contribution in [1.82, 2.24) is 0 Å². The topological polar surface area (TPSA) is 66.8 Å². The van der Waals surface area contributed by atoms with E-state index in [1.165, 1.54) is 13.3 Å². The monoisotopic (exact) mass is 168 g/mol. The van der Waals surface area contributed by atoms with E-state index in [0.29, 0.717) is 0 Å². The van der Waals surface area contributed by atoms with E-state index in [9.17, 15) is 4.57 Å². The molecule has 0 aromatic heterocycles. The van der Waals surface area contributed by atoms with Gasteiger partial charge in [0, 0.05) is 13.3 Å². The van der Waals surface area contributed by atoms with Crippen LogP contribution in [-0.4, -0.2) is 42.9 Å². The van der Waals surface area contributed by atoms with Crippen LogP contribution < -0.4 is 0 Å². The summed E-state index contributed by atoms with van der Waals surface area (Å²) < 4.78 is 15.7. The maximum absolute atomic E-state index is 10.9. The third-order valence-electron chi connectivity index (χ3n) is 0.810. The Balaban J connectivity index is 3.75. The fourth-order valence-corrected chi connectivity index (χ4v) is 1.33. The van der Waals surface area contributed by atoms with Crippen molar-refractivity contribution in [2.75, 3.05) is 26.5 Å². The Hall–Kier alpha value is 0.110. The summed E-state index contributed by atoms with van der Waals surface area (Å²) in [4.78, 5) is 0. The van der Waals surface area contributed by atoms with Crippen molar-refractivity contribution in [3.8, 4) is 0 Å². The van der Waals surface area contributed by atoms with Crippen molar-refractivity contribution in [3.05, 3.63) is 0 Å². The summed E-state index contributed by atoms with van der Waals surface area (Å²) >= 11 is 0. The summed E-state index contributed by atoms with van der Waals surface area (Å²) in [6.07, 6.45) is -0.708. The molecular weight excluding hydrogens is 155 g/mol. The first-order valence-electron chi connectivity index (χ1n) is 2.94. The molecule has 0 bridgehead atoms. The molecule has 4 nitrogen and oxygen atoms in total. The van der Waals surface area contributed by atoms with E-state index in [0.717, 1.165) is 0 Å². The minimum Gasteiger partial charge on any atom is -0.394 e. The van der Waals surface area contributed by atoms with E-state index in [1.54, 1.807) is 0 Å². The SMILES string of the molecule is CP(C)(=O)OC(CO)CO. The van der Waals surface area contributed by atoms with Crippen LogP contribution in [-0.2, 0) is 9.09 Å². The molecule has 0 unspecified atom stereocenters. The Bertz CT molecular complexity index is 126. The van der Waals surface area contributed by atoms with Crippen LogP contribution in [0.15, 0.2) is 0 Å². The molecule has 0 aliphatic heterocycles. The lowest BCUT2D eigenvalue weighted by Crippen LogP contribution is -2.20. The van der Waals surface area contributed by atoms with Crippen molar-refractivity contribution in [2.24, 2.45) is 0 Å². The second-order valence-corrected chi connectivity index (χ2v) is 5.06. The van der Waals surface area contributed by atoms with E-state index in [1.807, 2.05) is 0 Å². The summed E-state index contributed by atoms with van der Waals surface area (Å²) in [5.74, 6) is 0. The molecule has 0 fully saturated rings. The zero-order valence-electron chi connectivity index (χ0n) is 6.15. The molecule has 0 radical (unpaired) electrons. The summed E-state index contributed by atoms with van der Waals surface area (Å²) in [6, 6.07) is 0. The second-order valence-electron chi connectivity index (χ2n) is 2.34. The minimum absolute atomic E-state index is 0.303. The van der Waals surface area contributed by atoms with Crippen molar-refractivity contribution < 1.29 is 19.3 Å². The van der Waals surface area contributed by atoms with Crippen LogP contribution in [0.4, 0.5) is 0 Å². The highest BCUT2D eigenvalue weighted by molar-refractivity contribution is 7.57. The molecule has 0 heterocycles. The molecular formula is C5H13O4P. The van der Waals surface area contributed by atoms with Gasteiger partial charge >= 0.3 is 0 Å². The van der Waals surface area contributed by atoms with Crippen LogP contribution in [0.5, 0.6) is 0 Å². The molecule has 0 atom stereocenters. The number of hydrogen-bond acceptors (Lipinski definition) is 4. The third-order valence-corrected chi connectivity index (χ3v) is 1.62. The van der Waals surface area contributed by atoms with E-state index in [-0.39, 0.29) is 13.2 Å². The van der Waals surface area contributed by atoms with Gasteiger partial charge in [-0.25, -0.2) is 0 Å². The minimum atomic E-state index is -2.57. The van der Waals surface area contributed by atoms with Gasteiger partial charge in [0.2, 0.25) is 0 Å². The summed E-state index contributed by atoms with van der Waals surface area (Å²) in [6.45, 7) is 2.26. The van der Waals surface area contributed by atoms with E-state index in [4.69, 9.17) is 14.7 Å². The second kappa shape index (κ2) is 4.09. The lowest BCUT2D eigenvalue weighted by atomic mass is 10.4. The predicted molar refractivity (Wildman–Crippen MR) is 38.5 cm³/mol. The Labute approximate surface area is 60.3 Å². The first-order chi connectivity index (χ1) is 4.49. The largest absolute Gasteiger partial charge is 0.394 e. The Morgan fingerprint density at radius 3 is 1.90 bits per heavy atom. The number of rotatable bonds is 4. The van der Waals surface area contributed by atoms with Crippen LogP contribution in [0.1, 0.15) is 0 Å². The van der Waals surface area contributed by atoms with Gasteiger partial charge in [-0.3, -0.25) is 4.57 Å². The molecule has 0 saturated carbocycles. The van der Waals surface area contributed by atoms with Crippen molar-refractivity contribution in [2.45, 2.75) is 6.10 Å². The number of aliphatic hydroxyl groups is 2. The normalized spacial score (nSPS) is 12.5. The zero-order valence-corrected chi connectivity index (χ0v) is 7.04. The molecule has 0 aliphatic rings. The molecule has 62 valence electrons. The number of hydrogen-bond donors (Lipinski definition) is 2. The third kappa shape index (κ3) is 4.94. The van der Waals surface area contributed by atoms with Gasteiger partial charge in [-0.2, -0.15) is 0 Å². The Kier molecular flexibility index (Phi) is 4.13. The van der Waals surface area contributed by atoms with Gasteiger partial charge < -0.3 is 14.7 Å². The molecule has 0 rings (SSSR count). The van der Waals surface area contributed by atoms with Gasteiger partial charge in [0.05, 0.1) is 13.2 Å². The quantitative estimate of drug-likeness (QED) is 0.575. The van der Waals surface area contributed by atoms with Gasteiger partial charge in [-0.05, 0) is 0 Å². The molecule has 0 aromatic rings.